The molecule has 0 aromatic heterocycles. The third kappa shape index (κ3) is 2.87. The minimum absolute atomic E-state index is 0.131. The number of carboxylic acids is 1. The molecule has 0 heterocycles. The van der Waals surface area contributed by atoms with Crippen LogP contribution in [0, 0.1) is 0 Å². The average molecular weight is 321 g/mol. The van der Waals surface area contributed by atoms with Crippen molar-refractivity contribution in [2.45, 2.75) is 30.4 Å². The van der Waals surface area contributed by atoms with Crippen molar-refractivity contribution in [2.75, 3.05) is 0 Å². The van der Waals surface area contributed by atoms with Gasteiger partial charge in [-0.15, -0.1) is 0 Å². The molecule has 4 nitrogen and oxygen atoms in total. The minimum atomic E-state index is -3.60. The second-order valence-electron chi connectivity index (χ2n) is 3.71. The van der Waals surface area contributed by atoms with Gasteiger partial charge >= 0.3 is 5.97 Å². The maximum Gasteiger partial charge on any atom is 0.337 e. The van der Waals surface area contributed by atoms with Crippen molar-refractivity contribution in [1.29, 1.82) is 0 Å². The lowest BCUT2D eigenvalue weighted by molar-refractivity contribution is 0.0692. The Morgan fingerprint density at radius 3 is 2.53 bits per heavy atom. The number of halogens is 1. The predicted molar refractivity (Wildman–Crippen MR) is 68.0 cm³/mol. The van der Waals surface area contributed by atoms with Gasteiger partial charge in [-0.05, 0) is 31.5 Å². The molecule has 0 spiro atoms. The fourth-order valence-corrected chi connectivity index (χ4v) is 3.48. The Morgan fingerprint density at radius 1 is 1.47 bits per heavy atom. The number of hydrogen-bond acceptors (Lipinski definition) is 3. The quantitative estimate of drug-likeness (QED) is 0.925. The van der Waals surface area contributed by atoms with Gasteiger partial charge < -0.3 is 5.11 Å². The van der Waals surface area contributed by atoms with Crippen LogP contribution in [0.15, 0.2) is 27.6 Å². The number of carbonyl (C=O) groups is 1. The van der Waals surface area contributed by atoms with E-state index >= 15 is 0 Å². The van der Waals surface area contributed by atoms with Crippen LogP contribution in [0.2, 0.25) is 0 Å². The summed E-state index contributed by atoms with van der Waals surface area (Å²) in [6.45, 7) is 3.32. The summed E-state index contributed by atoms with van der Waals surface area (Å²) in [7, 11) is -3.60. The highest BCUT2D eigenvalue weighted by atomic mass is 79.9. The van der Waals surface area contributed by atoms with Crippen molar-refractivity contribution in [2.24, 2.45) is 0 Å². The summed E-state index contributed by atoms with van der Waals surface area (Å²) in [5, 5.41) is 8.39. The molecule has 0 bridgehead atoms. The first-order valence-electron chi connectivity index (χ1n) is 5.07. The van der Waals surface area contributed by atoms with Crippen LogP contribution in [-0.2, 0) is 9.84 Å². The van der Waals surface area contributed by atoms with Gasteiger partial charge in [-0.3, -0.25) is 0 Å². The summed E-state index contributed by atoms with van der Waals surface area (Å²) in [5.74, 6) is -1.24. The number of hydrogen-bond donors (Lipinski definition) is 1. The van der Waals surface area contributed by atoms with Crippen LogP contribution in [0.3, 0.4) is 0 Å². The first-order valence-corrected chi connectivity index (χ1v) is 7.41. The number of sulfone groups is 1. The van der Waals surface area contributed by atoms with E-state index in [0.717, 1.165) is 0 Å². The second kappa shape index (κ2) is 5.18. The topological polar surface area (TPSA) is 71.4 Å². The molecule has 0 fully saturated rings. The van der Waals surface area contributed by atoms with Crippen LogP contribution in [0.1, 0.15) is 30.6 Å². The summed E-state index contributed by atoms with van der Waals surface area (Å²) in [4.78, 5) is 10.9. The highest BCUT2D eigenvalue weighted by molar-refractivity contribution is 9.10. The zero-order valence-corrected chi connectivity index (χ0v) is 11.9. The van der Waals surface area contributed by atoms with E-state index in [1.807, 2.05) is 0 Å². The van der Waals surface area contributed by atoms with Crippen molar-refractivity contribution < 1.29 is 18.3 Å². The fraction of sp³-hybridized carbons (Fsp3) is 0.364. The lowest BCUT2D eigenvalue weighted by atomic mass is 10.2. The molecule has 1 atom stereocenters. The van der Waals surface area contributed by atoms with Crippen LogP contribution in [-0.4, -0.2) is 24.7 Å². The number of benzene rings is 1. The predicted octanol–water partition coefficient (Wildman–Crippen LogP) is 2.72. The maximum atomic E-state index is 12.2. The lowest BCUT2D eigenvalue weighted by Gasteiger charge is -2.13. The van der Waals surface area contributed by atoms with Crippen LogP contribution < -0.4 is 0 Å². The van der Waals surface area contributed by atoms with Crippen LogP contribution in [0.5, 0.6) is 0 Å². The summed E-state index contributed by atoms with van der Waals surface area (Å²) in [6, 6.07) is 4.14. The molecule has 1 N–H and O–H groups in total. The van der Waals surface area contributed by atoms with Gasteiger partial charge in [0.1, 0.15) is 0 Å². The summed E-state index contributed by atoms with van der Waals surface area (Å²) < 4.78 is 24.9. The number of carboxylic acid groups (broad SMARTS) is 1. The van der Waals surface area contributed by atoms with E-state index in [1.54, 1.807) is 13.8 Å². The molecule has 0 aliphatic heterocycles. The molecule has 6 heteroatoms. The van der Waals surface area contributed by atoms with Gasteiger partial charge in [-0.25, -0.2) is 13.2 Å². The van der Waals surface area contributed by atoms with Gasteiger partial charge in [0.15, 0.2) is 9.84 Å². The molecule has 94 valence electrons. The molecule has 0 aliphatic carbocycles. The average Bonchev–Trinajstić information content (AvgIpc) is 2.27. The Labute approximate surface area is 109 Å². The Morgan fingerprint density at radius 2 is 2.06 bits per heavy atom. The van der Waals surface area contributed by atoms with E-state index in [1.165, 1.54) is 18.2 Å². The molecule has 0 saturated heterocycles. The highest BCUT2D eigenvalue weighted by Gasteiger charge is 2.27. The van der Waals surface area contributed by atoms with Crippen molar-refractivity contribution >= 4 is 31.7 Å². The molecule has 1 rings (SSSR count). The number of aromatic carboxylic acids is 1. The second-order valence-corrected chi connectivity index (χ2v) is 6.96. The highest BCUT2D eigenvalue weighted by Crippen LogP contribution is 2.25. The Hall–Kier alpha value is -0.880. The van der Waals surface area contributed by atoms with Crippen molar-refractivity contribution in [3.63, 3.8) is 0 Å². The first-order chi connectivity index (χ1) is 7.80. The van der Waals surface area contributed by atoms with Crippen LogP contribution >= 0.6 is 15.9 Å². The van der Waals surface area contributed by atoms with Crippen LogP contribution in [0.25, 0.3) is 0 Å². The zero-order valence-electron chi connectivity index (χ0n) is 9.47. The van der Waals surface area contributed by atoms with E-state index in [2.05, 4.69) is 15.9 Å². The lowest BCUT2D eigenvalue weighted by Crippen LogP contribution is -2.19. The minimum Gasteiger partial charge on any atom is -0.478 e. The van der Waals surface area contributed by atoms with Crippen molar-refractivity contribution in [1.82, 2.24) is 0 Å². The smallest absolute Gasteiger partial charge is 0.337 e. The standard InChI is InChI=1S/C11H13BrO4S/c1-3-7(2)17(15,16)10-6-8(12)4-5-9(10)11(13)14/h4-7H,3H2,1-2H3,(H,13,14). The van der Waals surface area contributed by atoms with Gasteiger partial charge in [-0.1, -0.05) is 22.9 Å². The zero-order chi connectivity index (χ0) is 13.2. The van der Waals surface area contributed by atoms with E-state index in [-0.39, 0.29) is 10.5 Å². The Bertz CT molecular complexity index is 536. The molecule has 1 aromatic carbocycles. The summed E-state index contributed by atoms with van der Waals surface area (Å²) in [6.07, 6.45) is 0.438. The van der Waals surface area contributed by atoms with Crippen molar-refractivity contribution in [3.05, 3.63) is 28.2 Å². The van der Waals surface area contributed by atoms with Gasteiger partial charge in [-0.2, -0.15) is 0 Å². The fourth-order valence-electron chi connectivity index (χ4n) is 1.34. The van der Waals surface area contributed by atoms with Crippen molar-refractivity contribution in [3.8, 4) is 0 Å². The third-order valence-electron chi connectivity index (χ3n) is 2.59. The Kier molecular flexibility index (Phi) is 4.32. The van der Waals surface area contributed by atoms with E-state index < -0.39 is 21.1 Å². The van der Waals surface area contributed by atoms with Gasteiger partial charge in [0.25, 0.3) is 0 Å². The third-order valence-corrected chi connectivity index (χ3v) is 5.42. The monoisotopic (exact) mass is 320 g/mol. The molecule has 0 saturated carbocycles. The maximum absolute atomic E-state index is 12.2. The largest absolute Gasteiger partial charge is 0.478 e. The Balaban J connectivity index is 3.49. The molecular formula is C11H13BrO4S. The SMILES string of the molecule is CCC(C)S(=O)(=O)c1cc(Br)ccc1C(=O)O. The van der Waals surface area contributed by atoms with Gasteiger partial charge in [0.2, 0.25) is 0 Å². The van der Waals surface area contributed by atoms with E-state index in [0.29, 0.717) is 10.9 Å². The number of rotatable bonds is 4. The van der Waals surface area contributed by atoms with E-state index in [4.69, 9.17) is 5.11 Å². The normalized spacial score (nSPS) is 13.4. The summed E-state index contributed by atoms with van der Waals surface area (Å²) in [5.41, 5.74) is -0.187. The van der Waals surface area contributed by atoms with Gasteiger partial charge in [0, 0.05) is 4.47 Å². The molecule has 0 aliphatic rings. The molecule has 0 amide bonds. The molecule has 1 unspecified atom stereocenters. The summed E-state index contributed by atoms with van der Waals surface area (Å²) >= 11 is 3.15. The molecule has 1 aromatic rings. The van der Waals surface area contributed by atoms with E-state index in [9.17, 15) is 13.2 Å². The van der Waals surface area contributed by atoms with Crippen LogP contribution in [0.4, 0.5) is 0 Å². The molecular weight excluding hydrogens is 308 g/mol. The molecule has 0 radical (unpaired) electrons. The molecule has 17 heavy (non-hydrogen) atoms. The first kappa shape index (κ1) is 14.2. The van der Waals surface area contributed by atoms with Gasteiger partial charge in [0.05, 0.1) is 15.7 Å².